The number of hydrazine groups is 1. The van der Waals surface area contributed by atoms with Crippen LogP contribution in [0.1, 0.15) is 23.7 Å². The quantitative estimate of drug-likeness (QED) is 0.735. The summed E-state index contributed by atoms with van der Waals surface area (Å²) in [5.74, 6) is 0.0296. The van der Waals surface area contributed by atoms with Gasteiger partial charge in [-0.15, -0.1) is 0 Å². The Balaban J connectivity index is 2.22. The summed E-state index contributed by atoms with van der Waals surface area (Å²) in [5, 5.41) is 1.82. The van der Waals surface area contributed by atoms with E-state index in [-0.39, 0.29) is 11.9 Å². The molecule has 4 nitrogen and oxygen atoms in total. The first kappa shape index (κ1) is 9.71. The summed E-state index contributed by atoms with van der Waals surface area (Å²) in [6, 6.07) is 7.27. The van der Waals surface area contributed by atoms with Crippen molar-refractivity contribution in [2.24, 2.45) is 0 Å². The number of nitrogens with one attached hydrogen (secondary N) is 1. The fourth-order valence-electron chi connectivity index (χ4n) is 1.68. The van der Waals surface area contributed by atoms with Crippen molar-refractivity contribution in [2.45, 2.75) is 19.4 Å². The van der Waals surface area contributed by atoms with E-state index in [1.807, 2.05) is 24.1 Å². The molecule has 0 aliphatic carbocycles. The minimum absolute atomic E-state index is 0.0296. The van der Waals surface area contributed by atoms with Crippen LogP contribution in [0, 0.1) is 0 Å². The Labute approximate surface area is 87.9 Å². The lowest BCUT2D eigenvalue weighted by Crippen LogP contribution is -2.36. The second-order valence-electron chi connectivity index (χ2n) is 3.67. The second-order valence-corrected chi connectivity index (χ2v) is 3.67. The molecular formula is C11H12N2O2. The van der Waals surface area contributed by atoms with Gasteiger partial charge in [-0.1, -0.05) is 0 Å². The first-order chi connectivity index (χ1) is 7.20. The van der Waals surface area contributed by atoms with Crippen molar-refractivity contribution in [3.8, 4) is 0 Å². The zero-order valence-corrected chi connectivity index (χ0v) is 8.43. The minimum Gasteiger partial charge on any atom is -0.298 e. The van der Waals surface area contributed by atoms with E-state index in [4.69, 9.17) is 0 Å². The lowest BCUT2D eigenvalue weighted by molar-refractivity contribution is -0.119. The SMILES string of the molecule is CC1CC(=O)NN1c1ccc(C=O)cc1. The molecule has 0 saturated carbocycles. The van der Waals surface area contributed by atoms with Crippen LogP contribution in [-0.2, 0) is 4.79 Å². The van der Waals surface area contributed by atoms with Crippen molar-refractivity contribution in [3.05, 3.63) is 29.8 Å². The van der Waals surface area contributed by atoms with Crippen molar-refractivity contribution in [1.82, 2.24) is 5.43 Å². The van der Waals surface area contributed by atoms with Crippen LogP contribution in [0.2, 0.25) is 0 Å². The van der Waals surface area contributed by atoms with E-state index in [1.54, 1.807) is 12.1 Å². The van der Waals surface area contributed by atoms with Gasteiger partial charge in [0.05, 0.1) is 18.2 Å². The topological polar surface area (TPSA) is 49.4 Å². The molecule has 1 amide bonds. The van der Waals surface area contributed by atoms with Crippen molar-refractivity contribution < 1.29 is 9.59 Å². The fraction of sp³-hybridized carbons (Fsp3) is 0.273. The Bertz CT molecular complexity index is 386. The number of hydrogen-bond donors (Lipinski definition) is 1. The molecule has 15 heavy (non-hydrogen) atoms. The van der Waals surface area contributed by atoms with Crippen LogP contribution < -0.4 is 10.4 Å². The Morgan fingerprint density at radius 2 is 2.07 bits per heavy atom. The van der Waals surface area contributed by atoms with Gasteiger partial charge in [0.15, 0.2) is 0 Å². The van der Waals surface area contributed by atoms with Crippen LogP contribution in [0.5, 0.6) is 0 Å². The van der Waals surface area contributed by atoms with Gasteiger partial charge in [0.2, 0.25) is 5.91 Å². The third kappa shape index (κ3) is 1.83. The summed E-state index contributed by atoms with van der Waals surface area (Å²) in [6.45, 7) is 1.98. The predicted molar refractivity (Wildman–Crippen MR) is 56.5 cm³/mol. The normalized spacial score (nSPS) is 20.2. The molecule has 0 bridgehead atoms. The lowest BCUT2D eigenvalue weighted by atomic mass is 10.2. The van der Waals surface area contributed by atoms with Crippen molar-refractivity contribution in [1.29, 1.82) is 0 Å². The molecule has 4 heteroatoms. The molecule has 1 aromatic carbocycles. The van der Waals surface area contributed by atoms with Gasteiger partial charge in [-0.3, -0.25) is 20.0 Å². The van der Waals surface area contributed by atoms with Gasteiger partial charge < -0.3 is 0 Å². The third-order valence-electron chi connectivity index (χ3n) is 2.47. The van der Waals surface area contributed by atoms with E-state index < -0.39 is 0 Å². The molecule has 0 spiro atoms. The van der Waals surface area contributed by atoms with Gasteiger partial charge in [-0.25, -0.2) is 0 Å². The summed E-state index contributed by atoms with van der Waals surface area (Å²) in [4.78, 5) is 21.6. The summed E-state index contributed by atoms with van der Waals surface area (Å²) in [6.07, 6.45) is 1.31. The second kappa shape index (κ2) is 3.73. The molecule has 1 saturated heterocycles. The Morgan fingerprint density at radius 3 is 2.53 bits per heavy atom. The van der Waals surface area contributed by atoms with Crippen molar-refractivity contribution in [2.75, 3.05) is 5.01 Å². The first-order valence-electron chi connectivity index (χ1n) is 4.84. The van der Waals surface area contributed by atoms with Gasteiger partial charge in [0.1, 0.15) is 6.29 Å². The highest BCUT2D eigenvalue weighted by Crippen LogP contribution is 2.20. The molecule has 1 fully saturated rings. The molecule has 1 aromatic rings. The van der Waals surface area contributed by atoms with Crippen LogP contribution in [0.15, 0.2) is 24.3 Å². The molecule has 1 aliphatic heterocycles. The van der Waals surface area contributed by atoms with E-state index in [9.17, 15) is 9.59 Å². The largest absolute Gasteiger partial charge is 0.298 e. The third-order valence-corrected chi connectivity index (χ3v) is 2.47. The van der Waals surface area contributed by atoms with E-state index in [2.05, 4.69) is 5.43 Å². The Morgan fingerprint density at radius 1 is 1.40 bits per heavy atom. The molecule has 2 rings (SSSR count). The number of hydrogen-bond acceptors (Lipinski definition) is 3. The molecule has 1 heterocycles. The number of aldehydes is 1. The summed E-state index contributed by atoms with van der Waals surface area (Å²) >= 11 is 0. The minimum atomic E-state index is 0.0296. The van der Waals surface area contributed by atoms with Crippen LogP contribution in [-0.4, -0.2) is 18.2 Å². The van der Waals surface area contributed by atoms with E-state index in [1.165, 1.54) is 0 Å². The number of carbonyl (C=O) groups excluding carboxylic acids is 2. The number of carbonyl (C=O) groups is 2. The Kier molecular flexibility index (Phi) is 2.41. The number of amides is 1. The average molecular weight is 204 g/mol. The molecule has 78 valence electrons. The van der Waals surface area contributed by atoms with Gasteiger partial charge in [-0.2, -0.15) is 0 Å². The lowest BCUT2D eigenvalue weighted by Gasteiger charge is -2.22. The van der Waals surface area contributed by atoms with Gasteiger partial charge >= 0.3 is 0 Å². The predicted octanol–water partition coefficient (Wildman–Crippen LogP) is 1.13. The smallest absolute Gasteiger partial charge is 0.240 e. The van der Waals surface area contributed by atoms with Crippen LogP contribution in [0.4, 0.5) is 5.69 Å². The summed E-state index contributed by atoms with van der Waals surface area (Å²) in [7, 11) is 0. The maximum absolute atomic E-state index is 11.2. The molecule has 1 unspecified atom stereocenters. The molecule has 1 atom stereocenters. The van der Waals surface area contributed by atoms with Crippen molar-refractivity contribution >= 4 is 17.9 Å². The average Bonchev–Trinajstić information content (AvgIpc) is 2.58. The van der Waals surface area contributed by atoms with Crippen molar-refractivity contribution in [3.63, 3.8) is 0 Å². The zero-order valence-electron chi connectivity index (χ0n) is 8.43. The highest BCUT2D eigenvalue weighted by Gasteiger charge is 2.26. The zero-order chi connectivity index (χ0) is 10.8. The van der Waals surface area contributed by atoms with E-state index in [0.717, 1.165) is 12.0 Å². The summed E-state index contributed by atoms with van der Waals surface area (Å²) < 4.78 is 0. The molecule has 0 aromatic heterocycles. The molecular weight excluding hydrogens is 192 g/mol. The highest BCUT2D eigenvalue weighted by molar-refractivity contribution is 5.83. The fourth-order valence-corrected chi connectivity index (χ4v) is 1.68. The van der Waals surface area contributed by atoms with E-state index in [0.29, 0.717) is 12.0 Å². The monoisotopic (exact) mass is 204 g/mol. The van der Waals surface area contributed by atoms with E-state index >= 15 is 0 Å². The van der Waals surface area contributed by atoms with Gasteiger partial charge in [0, 0.05) is 5.56 Å². The molecule has 1 aliphatic rings. The van der Waals surface area contributed by atoms with Gasteiger partial charge in [0.25, 0.3) is 0 Å². The summed E-state index contributed by atoms with van der Waals surface area (Å²) in [5.41, 5.74) is 4.30. The molecule has 0 radical (unpaired) electrons. The number of benzene rings is 1. The number of anilines is 1. The number of nitrogens with zero attached hydrogens (tertiary/aromatic N) is 1. The highest BCUT2D eigenvalue weighted by atomic mass is 16.2. The maximum atomic E-state index is 11.2. The van der Waals surface area contributed by atoms with Gasteiger partial charge in [-0.05, 0) is 31.2 Å². The first-order valence-corrected chi connectivity index (χ1v) is 4.84. The van der Waals surface area contributed by atoms with Crippen LogP contribution >= 0.6 is 0 Å². The van der Waals surface area contributed by atoms with Crippen LogP contribution in [0.25, 0.3) is 0 Å². The van der Waals surface area contributed by atoms with Crippen LogP contribution in [0.3, 0.4) is 0 Å². The maximum Gasteiger partial charge on any atom is 0.240 e. The Hall–Kier alpha value is -1.84. The molecule has 1 N–H and O–H groups in total. The number of rotatable bonds is 2. The standard InChI is InChI=1S/C11H12N2O2/c1-8-6-11(15)12-13(8)10-4-2-9(7-14)3-5-10/h2-5,7-8H,6H2,1H3,(H,12,15).